The Balaban J connectivity index is 1.60. The van der Waals surface area contributed by atoms with Gasteiger partial charge in [0.1, 0.15) is 36.3 Å². The Morgan fingerprint density at radius 1 is 0.779 bits per heavy atom. The van der Waals surface area contributed by atoms with E-state index in [0.717, 1.165) is 12.8 Å². The summed E-state index contributed by atoms with van der Waals surface area (Å²) in [5, 5.41) is 39.8. The van der Waals surface area contributed by atoms with E-state index in [4.69, 9.17) is 17.2 Å². The van der Waals surface area contributed by atoms with Gasteiger partial charge in [0.25, 0.3) is 0 Å². The molecule has 1 aromatic carbocycles. The van der Waals surface area contributed by atoms with E-state index in [1.165, 1.54) is 18.7 Å². The van der Waals surface area contributed by atoms with Gasteiger partial charge in [-0.25, -0.2) is 0 Å². The molecule has 25 heteroatoms. The second-order valence-corrected chi connectivity index (χ2v) is 18.4. The summed E-state index contributed by atoms with van der Waals surface area (Å²) in [6.07, 6.45) is 2.23. The number of amides is 9. The highest BCUT2D eigenvalue weighted by Gasteiger charge is 2.49. The molecule has 1 aromatic rings. The molecule has 9 amide bonds. The molecule has 1 aliphatic heterocycles. The van der Waals surface area contributed by atoms with Crippen molar-refractivity contribution in [3.05, 3.63) is 35.9 Å². The number of nitrogens with two attached hydrogens (primary N) is 3. The van der Waals surface area contributed by atoms with Crippen LogP contribution in [0.15, 0.2) is 35.3 Å². The van der Waals surface area contributed by atoms with Gasteiger partial charge in [0.15, 0.2) is 5.96 Å². The van der Waals surface area contributed by atoms with Gasteiger partial charge in [0.05, 0.1) is 19.6 Å². The average molecular weight is 973 g/mol. The van der Waals surface area contributed by atoms with Crippen LogP contribution in [0.25, 0.3) is 0 Å². The molecule has 0 spiro atoms. The number of hydrogen-bond acceptors (Lipinski definition) is 13. The minimum atomic E-state index is -1.84. The lowest BCUT2D eigenvalue weighted by molar-refractivity contribution is -0.141. The van der Waals surface area contributed by atoms with E-state index in [0.29, 0.717) is 24.8 Å². The molecule has 2 saturated carbocycles. The van der Waals surface area contributed by atoms with E-state index in [1.807, 2.05) is 0 Å². The minimum Gasteiger partial charge on any atom is -0.481 e. The zero-order valence-corrected chi connectivity index (χ0v) is 38.6. The predicted molar refractivity (Wildman–Crippen MR) is 246 cm³/mol. The Kier molecular flexibility index (Phi) is 21.3. The van der Waals surface area contributed by atoms with Gasteiger partial charge >= 0.3 is 5.97 Å². The maximum atomic E-state index is 13.8. The quantitative estimate of drug-likeness (QED) is 0.0567. The van der Waals surface area contributed by atoms with E-state index in [2.05, 4.69) is 47.5 Å². The van der Waals surface area contributed by atoms with Crippen molar-refractivity contribution in [2.45, 2.75) is 113 Å². The summed E-state index contributed by atoms with van der Waals surface area (Å²) < 4.78 is 0. The van der Waals surface area contributed by atoms with Gasteiger partial charge in [0, 0.05) is 43.4 Å². The lowest BCUT2D eigenvalue weighted by atomic mass is 9.87. The third-order valence-electron chi connectivity index (χ3n) is 11.9. The summed E-state index contributed by atoms with van der Waals surface area (Å²) in [5.74, 6) is -8.88. The molecule has 0 aromatic heterocycles. The fourth-order valence-corrected chi connectivity index (χ4v) is 10.2. The van der Waals surface area contributed by atoms with E-state index < -0.39 is 109 Å². The largest absolute Gasteiger partial charge is 0.481 e. The number of carbonyl (C=O) groups is 10. The molecule has 0 unspecified atom stereocenters. The standard InChI is InChI=1S/C43H64N12O12S/c1-22(57)50-32-21-68-33-17-24-14-25(33)26(15-24)37(62)47-12-6-5-10-27(36(44)61)52-39(64)29(16-23-8-3-2-4-9-23)54-41(66)31(20-56)55-40(65)30(18-35(59)60)51-34(58)19-49-38(63)28(53-42(32)67)11-7-13-48-43(45)46/h2-4,8-9,24-33,56H,5-7,10-21H2,1H3,(H2,44,61)(H,47,62)(H,49,63)(H,50,57)(H,51,58)(H,52,64)(H,53,67)(H,54,66)(H,55,65)(H,59,60)(H4,45,46,48)/t24-,25+,26-,27+,28+,29-,30+,31+,32-,33-/m1/s1. The van der Waals surface area contributed by atoms with Crippen LogP contribution in [-0.4, -0.2) is 149 Å². The van der Waals surface area contributed by atoms with Crippen molar-refractivity contribution < 1.29 is 58.2 Å². The van der Waals surface area contributed by atoms with Gasteiger partial charge in [0.2, 0.25) is 53.2 Å². The number of aliphatic imine (C=N–C) groups is 1. The van der Waals surface area contributed by atoms with Crippen molar-refractivity contribution in [3.63, 3.8) is 0 Å². The van der Waals surface area contributed by atoms with Crippen molar-refractivity contribution in [3.8, 4) is 0 Å². The number of fused-ring (bicyclic) bond motifs is 1. The monoisotopic (exact) mass is 972 g/mol. The maximum absolute atomic E-state index is 13.8. The third-order valence-corrected chi connectivity index (χ3v) is 13.4. The van der Waals surface area contributed by atoms with E-state index >= 15 is 0 Å². The van der Waals surface area contributed by atoms with Gasteiger partial charge in [-0.2, -0.15) is 11.8 Å². The van der Waals surface area contributed by atoms with Crippen molar-refractivity contribution in [2.75, 3.05) is 32.0 Å². The number of carboxylic acid groups (broad SMARTS) is 1. The molecule has 24 nitrogen and oxygen atoms in total. The topological polar surface area (TPSA) is 398 Å². The smallest absolute Gasteiger partial charge is 0.305 e. The molecular formula is C43H64N12O12S. The second kappa shape index (κ2) is 26.7. The summed E-state index contributed by atoms with van der Waals surface area (Å²) in [6, 6.07) is -0.105. The van der Waals surface area contributed by atoms with Crippen molar-refractivity contribution in [1.29, 1.82) is 0 Å². The van der Waals surface area contributed by atoms with Crippen LogP contribution in [0.4, 0.5) is 0 Å². The number of rotatable bonds is 11. The van der Waals surface area contributed by atoms with Crippen LogP contribution in [0.3, 0.4) is 0 Å². The number of carboxylic acids is 1. The number of nitrogens with one attached hydrogen (secondary N) is 8. The summed E-state index contributed by atoms with van der Waals surface area (Å²) >= 11 is 1.44. The molecule has 68 heavy (non-hydrogen) atoms. The molecule has 2 aliphatic carbocycles. The SMILES string of the molecule is CC(=O)N[C@@H]1CS[C@@H]2C[C@@H]3C[C@H]2[C@@H](C3)C(=O)NCCCC[C@@H](C(N)=O)NC(=O)[C@@H](Cc2ccccc2)NC(=O)[C@H](CO)NC(=O)[C@H](CC(=O)O)NC(=O)CNC(=O)[C@H](CCCN=C(N)N)NC1=O. The van der Waals surface area contributed by atoms with Crippen LogP contribution >= 0.6 is 11.8 Å². The fraction of sp³-hybridized carbons (Fsp3) is 0.605. The Morgan fingerprint density at radius 2 is 1.46 bits per heavy atom. The Bertz CT molecular complexity index is 2030. The highest BCUT2D eigenvalue weighted by atomic mass is 32.2. The first kappa shape index (κ1) is 54.1. The Morgan fingerprint density at radius 3 is 2.10 bits per heavy atom. The van der Waals surface area contributed by atoms with E-state index in [-0.39, 0.29) is 79.4 Å². The van der Waals surface area contributed by atoms with E-state index in [9.17, 15) is 58.2 Å². The Labute approximate surface area is 397 Å². The lowest BCUT2D eigenvalue weighted by Gasteiger charge is -2.30. The molecule has 16 N–H and O–H groups in total. The first-order valence-corrected chi connectivity index (χ1v) is 23.6. The number of carbonyl (C=O) groups excluding carboxylic acids is 9. The van der Waals surface area contributed by atoms with E-state index in [1.54, 1.807) is 30.3 Å². The predicted octanol–water partition coefficient (Wildman–Crippen LogP) is -4.27. The summed E-state index contributed by atoms with van der Waals surface area (Å²) in [4.78, 5) is 135. The Hall–Kier alpha value is -6.50. The molecule has 374 valence electrons. The maximum Gasteiger partial charge on any atom is 0.305 e. The van der Waals surface area contributed by atoms with Gasteiger partial charge < -0.3 is 69.9 Å². The first-order chi connectivity index (χ1) is 32.3. The molecule has 2 bridgehead atoms. The fourth-order valence-electron chi connectivity index (χ4n) is 8.56. The molecule has 10 atom stereocenters. The molecule has 4 rings (SSSR count). The second-order valence-electron chi connectivity index (χ2n) is 17.2. The van der Waals surface area contributed by atoms with Crippen LogP contribution in [0.1, 0.15) is 70.3 Å². The van der Waals surface area contributed by atoms with Crippen molar-refractivity contribution in [2.24, 2.45) is 39.9 Å². The van der Waals surface area contributed by atoms with Gasteiger partial charge in [-0.15, -0.1) is 0 Å². The van der Waals surface area contributed by atoms with Crippen LogP contribution in [-0.2, 0) is 54.4 Å². The van der Waals surface area contributed by atoms with Gasteiger partial charge in [-0.3, -0.25) is 52.9 Å². The number of primary amides is 1. The van der Waals surface area contributed by atoms with Crippen LogP contribution in [0.5, 0.6) is 0 Å². The number of guanidine groups is 1. The van der Waals surface area contributed by atoms with Crippen LogP contribution < -0.4 is 59.7 Å². The molecular weight excluding hydrogens is 909 g/mol. The number of aliphatic hydroxyl groups excluding tert-OH is 1. The molecule has 1 saturated heterocycles. The lowest BCUT2D eigenvalue weighted by Crippen LogP contribution is -2.60. The summed E-state index contributed by atoms with van der Waals surface area (Å²) in [7, 11) is 0. The molecule has 1 heterocycles. The number of benzene rings is 1. The number of aliphatic hydroxyl groups is 1. The highest BCUT2D eigenvalue weighted by molar-refractivity contribution is 8.00. The van der Waals surface area contributed by atoms with Crippen molar-refractivity contribution >= 4 is 76.9 Å². The van der Waals surface area contributed by atoms with Crippen LogP contribution in [0.2, 0.25) is 0 Å². The van der Waals surface area contributed by atoms with Crippen molar-refractivity contribution in [1.82, 2.24) is 42.5 Å². The zero-order valence-electron chi connectivity index (χ0n) is 37.8. The normalized spacial score (nSPS) is 28.5. The zero-order chi connectivity index (χ0) is 49.9. The first-order valence-electron chi connectivity index (χ1n) is 22.5. The van der Waals surface area contributed by atoms with Crippen LogP contribution in [0, 0.1) is 17.8 Å². The molecule has 0 radical (unpaired) electrons. The third kappa shape index (κ3) is 17.3. The summed E-state index contributed by atoms with van der Waals surface area (Å²) in [5.41, 5.74) is 17.1. The number of thioether (sulfide) groups is 1. The van der Waals surface area contributed by atoms with Gasteiger partial charge in [-0.05, 0) is 68.8 Å². The number of hydrogen-bond donors (Lipinski definition) is 13. The molecule has 3 fully saturated rings. The highest BCUT2D eigenvalue weighted by Crippen LogP contribution is 2.52. The number of nitrogens with zero attached hydrogens (tertiary/aromatic N) is 1. The summed E-state index contributed by atoms with van der Waals surface area (Å²) in [6.45, 7) is -0.283. The number of aliphatic carboxylic acids is 1. The average Bonchev–Trinajstić information content (AvgIpc) is 3.89. The minimum absolute atomic E-state index is 0.000748. The molecule has 3 aliphatic rings. The van der Waals surface area contributed by atoms with Gasteiger partial charge in [-0.1, -0.05) is 30.3 Å².